The van der Waals surface area contributed by atoms with Crippen molar-refractivity contribution in [2.45, 2.75) is 13.5 Å². The number of imidazole rings is 1. The molecule has 1 heterocycles. The summed E-state index contributed by atoms with van der Waals surface area (Å²) in [7, 11) is 1.37. The number of ether oxygens (including phenoxy) is 1. The summed E-state index contributed by atoms with van der Waals surface area (Å²) < 4.78 is 4.73. The van der Waals surface area contributed by atoms with Gasteiger partial charge in [0.15, 0.2) is 0 Å². The Morgan fingerprint density at radius 1 is 1.44 bits per heavy atom. The van der Waals surface area contributed by atoms with E-state index in [1.54, 1.807) is 18.3 Å². The molecule has 0 atom stereocenters. The molecule has 5 nitrogen and oxygen atoms in total. The maximum absolute atomic E-state index is 11.6. The van der Waals surface area contributed by atoms with E-state index in [2.05, 4.69) is 15.3 Å². The number of aromatic nitrogens is 2. The van der Waals surface area contributed by atoms with E-state index in [-0.39, 0.29) is 5.97 Å². The van der Waals surface area contributed by atoms with Gasteiger partial charge in [-0.15, -0.1) is 0 Å². The maximum Gasteiger partial charge on any atom is 0.339 e. The minimum Gasteiger partial charge on any atom is -0.465 e. The van der Waals surface area contributed by atoms with Gasteiger partial charge >= 0.3 is 5.97 Å². The number of H-pyrrole nitrogens is 1. The van der Waals surface area contributed by atoms with Crippen molar-refractivity contribution in [2.24, 2.45) is 0 Å². The first-order valence-corrected chi connectivity index (χ1v) is 5.62. The van der Waals surface area contributed by atoms with Crippen molar-refractivity contribution in [1.82, 2.24) is 9.97 Å². The number of hydrogen-bond donors (Lipinski definition) is 2. The number of aryl methyl sites for hydroxylation is 1. The van der Waals surface area contributed by atoms with E-state index in [0.717, 1.165) is 17.2 Å². The first-order chi connectivity index (χ1) is 8.70. The molecule has 2 aromatic rings. The van der Waals surface area contributed by atoms with Gasteiger partial charge in [0.05, 0.1) is 31.1 Å². The molecule has 2 N–H and O–H groups in total. The van der Waals surface area contributed by atoms with Crippen molar-refractivity contribution in [3.8, 4) is 0 Å². The second-order valence-electron chi connectivity index (χ2n) is 3.88. The van der Waals surface area contributed by atoms with Crippen LogP contribution in [0.4, 0.5) is 5.69 Å². The van der Waals surface area contributed by atoms with Crippen molar-refractivity contribution < 1.29 is 9.53 Å². The number of carbonyl (C=O) groups is 1. The standard InChI is InChI=1S/C13H15N3O2/c1-9-14-7-10(16-9)8-15-12-6-4-3-5-11(12)13(17)18-2/h3-7,15H,8H2,1-2H3,(H,14,16). The second-order valence-corrected chi connectivity index (χ2v) is 3.88. The second kappa shape index (κ2) is 5.35. The van der Waals surface area contributed by atoms with Crippen LogP contribution in [0.25, 0.3) is 0 Å². The Hall–Kier alpha value is -2.30. The largest absolute Gasteiger partial charge is 0.465 e. The lowest BCUT2D eigenvalue weighted by atomic mass is 10.2. The van der Waals surface area contributed by atoms with Gasteiger partial charge < -0.3 is 15.0 Å². The van der Waals surface area contributed by atoms with Crippen molar-refractivity contribution in [3.63, 3.8) is 0 Å². The lowest BCUT2D eigenvalue weighted by molar-refractivity contribution is 0.0602. The number of esters is 1. The summed E-state index contributed by atoms with van der Waals surface area (Å²) in [5.74, 6) is 0.520. The number of carbonyl (C=O) groups excluding carboxylic acids is 1. The van der Waals surface area contributed by atoms with Crippen LogP contribution in [-0.2, 0) is 11.3 Å². The molecular formula is C13H15N3O2. The Balaban J connectivity index is 2.11. The number of para-hydroxylation sites is 1. The monoisotopic (exact) mass is 245 g/mol. The average molecular weight is 245 g/mol. The molecule has 0 spiro atoms. The van der Waals surface area contributed by atoms with Crippen molar-refractivity contribution >= 4 is 11.7 Å². The van der Waals surface area contributed by atoms with Gasteiger partial charge in [-0.05, 0) is 19.1 Å². The summed E-state index contributed by atoms with van der Waals surface area (Å²) in [5.41, 5.74) is 2.24. The van der Waals surface area contributed by atoms with Crippen LogP contribution in [0.15, 0.2) is 30.5 Å². The van der Waals surface area contributed by atoms with Crippen LogP contribution >= 0.6 is 0 Å². The summed E-state index contributed by atoms with van der Waals surface area (Å²) in [5, 5.41) is 3.19. The zero-order chi connectivity index (χ0) is 13.0. The molecule has 0 amide bonds. The molecule has 0 saturated heterocycles. The fourth-order valence-electron chi connectivity index (χ4n) is 1.68. The van der Waals surface area contributed by atoms with Crippen molar-refractivity contribution in [2.75, 3.05) is 12.4 Å². The van der Waals surface area contributed by atoms with E-state index >= 15 is 0 Å². The average Bonchev–Trinajstić information content (AvgIpc) is 2.81. The fraction of sp³-hybridized carbons (Fsp3) is 0.231. The Bertz CT molecular complexity index is 549. The minimum atomic E-state index is -0.348. The van der Waals surface area contributed by atoms with Crippen LogP contribution in [0.3, 0.4) is 0 Å². The third kappa shape index (κ3) is 2.68. The van der Waals surface area contributed by atoms with E-state index in [4.69, 9.17) is 4.74 Å². The van der Waals surface area contributed by atoms with Gasteiger partial charge in [-0.25, -0.2) is 9.78 Å². The molecule has 0 bridgehead atoms. The minimum absolute atomic E-state index is 0.348. The topological polar surface area (TPSA) is 67.0 Å². The Morgan fingerprint density at radius 3 is 2.89 bits per heavy atom. The predicted molar refractivity (Wildman–Crippen MR) is 68.4 cm³/mol. The molecular weight excluding hydrogens is 230 g/mol. The summed E-state index contributed by atoms with van der Waals surface area (Å²) in [6, 6.07) is 7.24. The number of rotatable bonds is 4. The molecule has 94 valence electrons. The van der Waals surface area contributed by atoms with Gasteiger partial charge in [-0.3, -0.25) is 0 Å². The van der Waals surface area contributed by atoms with Gasteiger partial charge in [0.2, 0.25) is 0 Å². The summed E-state index contributed by atoms with van der Waals surface area (Å²) in [6.07, 6.45) is 1.77. The van der Waals surface area contributed by atoms with E-state index in [9.17, 15) is 4.79 Å². The van der Waals surface area contributed by atoms with E-state index in [0.29, 0.717) is 12.1 Å². The third-order valence-electron chi connectivity index (χ3n) is 2.56. The van der Waals surface area contributed by atoms with Gasteiger partial charge in [0.25, 0.3) is 0 Å². The smallest absolute Gasteiger partial charge is 0.339 e. The highest BCUT2D eigenvalue weighted by atomic mass is 16.5. The highest BCUT2D eigenvalue weighted by molar-refractivity contribution is 5.95. The Labute approximate surface area is 105 Å². The summed E-state index contributed by atoms with van der Waals surface area (Å²) >= 11 is 0. The van der Waals surface area contributed by atoms with E-state index in [1.165, 1.54) is 7.11 Å². The Morgan fingerprint density at radius 2 is 2.22 bits per heavy atom. The number of anilines is 1. The molecule has 5 heteroatoms. The first kappa shape index (κ1) is 12.2. The number of hydrogen-bond acceptors (Lipinski definition) is 4. The number of aromatic amines is 1. The fourth-order valence-corrected chi connectivity index (χ4v) is 1.68. The lowest BCUT2D eigenvalue weighted by Gasteiger charge is -2.09. The SMILES string of the molecule is COC(=O)c1ccccc1NCc1cnc(C)[nH]1. The van der Waals surface area contributed by atoms with Crippen LogP contribution < -0.4 is 5.32 Å². The number of methoxy groups -OCH3 is 1. The first-order valence-electron chi connectivity index (χ1n) is 5.62. The molecule has 2 rings (SSSR count). The number of nitrogens with one attached hydrogen (secondary N) is 2. The normalized spacial score (nSPS) is 10.1. The van der Waals surface area contributed by atoms with Crippen LogP contribution in [0.2, 0.25) is 0 Å². The molecule has 0 aliphatic carbocycles. The highest BCUT2D eigenvalue weighted by Crippen LogP contribution is 2.16. The summed E-state index contributed by atoms with van der Waals surface area (Å²) in [6.45, 7) is 2.47. The van der Waals surface area contributed by atoms with E-state index < -0.39 is 0 Å². The van der Waals surface area contributed by atoms with Gasteiger partial charge in [0.1, 0.15) is 5.82 Å². The molecule has 1 aromatic heterocycles. The van der Waals surface area contributed by atoms with Gasteiger partial charge in [-0.2, -0.15) is 0 Å². The molecule has 0 aliphatic heterocycles. The molecule has 0 fully saturated rings. The Kier molecular flexibility index (Phi) is 3.62. The van der Waals surface area contributed by atoms with Gasteiger partial charge in [0, 0.05) is 5.69 Å². The molecule has 18 heavy (non-hydrogen) atoms. The van der Waals surface area contributed by atoms with Crippen LogP contribution in [0.5, 0.6) is 0 Å². The molecule has 0 radical (unpaired) electrons. The van der Waals surface area contributed by atoms with Crippen molar-refractivity contribution in [3.05, 3.63) is 47.5 Å². The number of benzene rings is 1. The quantitative estimate of drug-likeness (QED) is 0.810. The van der Waals surface area contributed by atoms with Crippen molar-refractivity contribution in [1.29, 1.82) is 0 Å². The highest BCUT2D eigenvalue weighted by Gasteiger charge is 2.10. The summed E-state index contributed by atoms with van der Waals surface area (Å²) in [4.78, 5) is 18.8. The van der Waals surface area contributed by atoms with Gasteiger partial charge in [-0.1, -0.05) is 12.1 Å². The predicted octanol–water partition coefficient (Wildman–Crippen LogP) is 2.12. The number of nitrogens with zero attached hydrogens (tertiary/aromatic N) is 1. The molecule has 0 unspecified atom stereocenters. The van der Waals surface area contributed by atoms with Crippen LogP contribution in [0, 0.1) is 6.92 Å². The van der Waals surface area contributed by atoms with Crippen LogP contribution in [-0.4, -0.2) is 23.0 Å². The lowest BCUT2D eigenvalue weighted by Crippen LogP contribution is -2.08. The zero-order valence-electron chi connectivity index (χ0n) is 10.4. The third-order valence-corrected chi connectivity index (χ3v) is 2.56. The molecule has 1 aromatic carbocycles. The van der Waals surface area contributed by atoms with E-state index in [1.807, 2.05) is 19.1 Å². The molecule has 0 saturated carbocycles. The zero-order valence-corrected chi connectivity index (χ0v) is 10.4. The maximum atomic E-state index is 11.6. The van der Waals surface area contributed by atoms with Crippen LogP contribution in [0.1, 0.15) is 21.9 Å². The molecule has 0 aliphatic rings.